The van der Waals surface area contributed by atoms with Gasteiger partial charge in [-0.25, -0.2) is 4.98 Å². The molecule has 0 bridgehead atoms. The molecule has 0 aliphatic heterocycles. The Morgan fingerprint density at radius 1 is 1.13 bits per heavy atom. The normalized spacial score (nSPS) is 15.0. The lowest BCUT2D eigenvalue weighted by atomic mass is 10.1. The first-order valence-electron chi connectivity index (χ1n) is 10.1. The highest BCUT2D eigenvalue weighted by Crippen LogP contribution is 2.32. The zero-order valence-corrected chi connectivity index (χ0v) is 17.6. The topological polar surface area (TPSA) is 75.2 Å². The molecule has 0 saturated heterocycles. The molecule has 6 nitrogen and oxygen atoms in total. The number of thiophene rings is 1. The second kappa shape index (κ2) is 9.17. The number of carbonyl (C=O) groups is 2. The first kappa shape index (κ1) is 20.2. The van der Waals surface area contributed by atoms with Gasteiger partial charge in [0.25, 0.3) is 5.91 Å². The summed E-state index contributed by atoms with van der Waals surface area (Å²) in [5, 5.41) is 5.09. The lowest BCUT2D eigenvalue weighted by Gasteiger charge is -2.31. The van der Waals surface area contributed by atoms with Crippen molar-refractivity contribution in [2.24, 2.45) is 0 Å². The van der Waals surface area contributed by atoms with Crippen molar-refractivity contribution in [1.82, 2.24) is 15.3 Å². The molecule has 2 heterocycles. The Morgan fingerprint density at radius 2 is 1.90 bits per heavy atom. The van der Waals surface area contributed by atoms with Gasteiger partial charge in [-0.3, -0.25) is 19.5 Å². The van der Waals surface area contributed by atoms with Gasteiger partial charge in [-0.05, 0) is 43.3 Å². The Hall–Kier alpha value is -3.06. The Kier molecular flexibility index (Phi) is 6.18. The summed E-state index contributed by atoms with van der Waals surface area (Å²) in [5.74, 6) is -0.519. The summed E-state index contributed by atoms with van der Waals surface area (Å²) in [6.07, 6.45) is 8.64. The van der Waals surface area contributed by atoms with Gasteiger partial charge in [0, 0.05) is 29.0 Å². The third kappa shape index (κ3) is 4.41. The number of rotatable bonds is 6. The van der Waals surface area contributed by atoms with Gasteiger partial charge in [-0.15, -0.1) is 11.3 Å². The van der Waals surface area contributed by atoms with Crippen LogP contribution in [0.15, 0.2) is 60.4 Å². The first-order valence-corrected chi connectivity index (χ1v) is 11.0. The molecule has 0 radical (unpaired) electrons. The molecule has 4 rings (SSSR count). The molecule has 154 valence electrons. The van der Waals surface area contributed by atoms with E-state index in [1.54, 1.807) is 4.90 Å². The monoisotopic (exact) mass is 420 g/mol. The molecule has 1 unspecified atom stereocenters. The van der Waals surface area contributed by atoms with Crippen LogP contribution in [0.25, 0.3) is 0 Å². The van der Waals surface area contributed by atoms with Crippen molar-refractivity contribution in [2.45, 2.75) is 44.7 Å². The minimum Gasteiger partial charge on any atom is -0.351 e. The van der Waals surface area contributed by atoms with Gasteiger partial charge in [0.2, 0.25) is 5.91 Å². The van der Waals surface area contributed by atoms with Crippen LogP contribution in [0.2, 0.25) is 0 Å². The molecular formula is C23H24N4O2S. The fraction of sp³-hybridized carbons (Fsp3) is 0.304. The zero-order chi connectivity index (χ0) is 20.9. The second-order valence-electron chi connectivity index (χ2n) is 7.51. The molecule has 1 aliphatic rings. The van der Waals surface area contributed by atoms with Crippen LogP contribution >= 0.6 is 11.3 Å². The standard InChI is InChI=1S/C23H24N4O2S/c1-16-8-10-18(11-9-16)27(23(29)19-15-24-12-13-25-19)21(20-7-4-14-30-20)22(28)26-17-5-2-3-6-17/h4,7-15,17,21H,2-3,5-6H2,1H3,(H,26,28). The van der Waals surface area contributed by atoms with Gasteiger partial charge in [0.05, 0.1) is 6.20 Å². The van der Waals surface area contributed by atoms with Crippen LogP contribution in [0.1, 0.15) is 52.7 Å². The Morgan fingerprint density at radius 3 is 2.53 bits per heavy atom. The van der Waals surface area contributed by atoms with E-state index in [4.69, 9.17) is 0 Å². The molecule has 1 N–H and O–H groups in total. The van der Waals surface area contributed by atoms with Crippen molar-refractivity contribution in [1.29, 1.82) is 0 Å². The van der Waals surface area contributed by atoms with E-state index >= 15 is 0 Å². The molecule has 2 aromatic heterocycles. The Labute approximate surface area is 180 Å². The van der Waals surface area contributed by atoms with Crippen LogP contribution in [0, 0.1) is 6.92 Å². The molecule has 3 aromatic rings. The first-order chi connectivity index (χ1) is 14.6. The predicted molar refractivity (Wildman–Crippen MR) is 117 cm³/mol. The van der Waals surface area contributed by atoms with Crippen molar-refractivity contribution in [3.05, 3.63) is 76.5 Å². The molecule has 1 saturated carbocycles. The van der Waals surface area contributed by atoms with Crippen molar-refractivity contribution in [2.75, 3.05) is 4.90 Å². The summed E-state index contributed by atoms with van der Waals surface area (Å²) in [7, 11) is 0. The number of anilines is 1. The van der Waals surface area contributed by atoms with Crippen LogP contribution in [-0.2, 0) is 4.79 Å². The number of aryl methyl sites for hydroxylation is 1. The summed E-state index contributed by atoms with van der Waals surface area (Å²) >= 11 is 1.47. The maximum Gasteiger partial charge on any atom is 0.279 e. The molecule has 1 fully saturated rings. The van der Waals surface area contributed by atoms with Gasteiger partial charge in [-0.1, -0.05) is 36.6 Å². The number of hydrogen-bond donors (Lipinski definition) is 1. The maximum atomic E-state index is 13.6. The quantitative estimate of drug-likeness (QED) is 0.645. The van der Waals surface area contributed by atoms with Gasteiger partial charge in [0.1, 0.15) is 5.69 Å². The summed E-state index contributed by atoms with van der Waals surface area (Å²) in [5.41, 5.74) is 1.93. The molecule has 30 heavy (non-hydrogen) atoms. The van der Waals surface area contributed by atoms with Crippen LogP contribution in [0.4, 0.5) is 5.69 Å². The van der Waals surface area contributed by atoms with Gasteiger partial charge in [0.15, 0.2) is 6.04 Å². The molecule has 0 spiro atoms. The maximum absolute atomic E-state index is 13.6. The SMILES string of the molecule is Cc1ccc(N(C(=O)c2cnccn2)C(C(=O)NC2CCCC2)c2cccs2)cc1. The van der Waals surface area contributed by atoms with Gasteiger partial charge in [-0.2, -0.15) is 0 Å². The molecular weight excluding hydrogens is 396 g/mol. The molecule has 7 heteroatoms. The average Bonchev–Trinajstić information content (AvgIpc) is 3.47. The number of amides is 2. The van der Waals surface area contributed by atoms with Crippen LogP contribution < -0.4 is 10.2 Å². The summed E-state index contributed by atoms with van der Waals surface area (Å²) in [6, 6.07) is 10.8. The fourth-order valence-corrected chi connectivity index (χ4v) is 4.61. The second-order valence-corrected chi connectivity index (χ2v) is 8.49. The van der Waals surface area contributed by atoms with E-state index in [0.717, 1.165) is 36.1 Å². The summed E-state index contributed by atoms with van der Waals surface area (Å²) < 4.78 is 0. The smallest absolute Gasteiger partial charge is 0.279 e. The minimum atomic E-state index is -0.775. The van der Waals surface area contributed by atoms with Crippen molar-refractivity contribution < 1.29 is 9.59 Å². The van der Waals surface area contributed by atoms with E-state index in [0.29, 0.717) is 5.69 Å². The van der Waals surface area contributed by atoms with Crippen LogP contribution in [-0.4, -0.2) is 27.8 Å². The van der Waals surface area contributed by atoms with E-state index in [-0.39, 0.29) is 23.6 Å². The highest BCUT2D eigenvalue weighted by atomic mass is 32.1. The van der Waals surface area contributed by atoms with E-state index in [1.807, 2.05) is 48.7 Å². The molecule has 2 amide bonds. The number of aromatic nitrogens is 2. The third-order valence-corrected chi connectivity index (χ3v) is 6.26. The number of nitrogens with one attached hydrogen (secondary N) is 1. The number of benzene rings is 1. The summed E-state index contributed by atoms with van der Waals surface area (Å²) in [6.45, 7) is 1.99. The van der Waals surface area contributed by atoms with E-state index in [1.165, 1.54) is 29.9 Å². The molecule has 1 aliphatic carbocycles. The highest BCUT2D eigenvalue weighted by molar-refractivity contribution is 7.10. The predicted octanol–water partition coefficient (Wildman–Crippen LogP) is 4.29. The molecule has 1 atom stereocenters. The third-order valence-electron chi connectivity index (χ3n) is 5.33. The highest BCUT2D eigenvalue weighted by Gasteiger charge is 2.36. The average molecular weight is 421 g/mol. The van der Waals surface area contributed by atoms with E-state index in [9.17, 15) is 9.59 Å². The van der Waals surface area contributed by atoms with Crippen LogP contribution in [0.3, 0.4) is 0 Å². The van der Waals surface area contributed by atoms with Crippen molar-refractivity contribution in [3.63, 3.8) is 0 Å². The molecule has 1 aromatic carbocycles. The van der Waals surface area contributed by atoms with Gasteiger partial charge >= 0.3 is 0 Å². The fourth-order valence-electron chi connectivity index (χ4n) is 3.79. The Bertz CT molecular complexity index is 984. The Balaban J connectivity index is 1.77. The van der Waals surface area contributed by atoms with E-state index in [2.05, 4.69) is 15.3 Å². The number of nitrogens with zero attached hydrogens (tertiary/aromatic N) is 3. The van der Waals surface area contributed by atoms with E-state index < -0.39 is 6.04 Å². The lowest BCUT2D eigenvalue weighted by Crippen LogP contribution is -2.46. The number of carbonyl (C=O) groups excluding carboxylic acids is 2. The lowest BCUT2D eigenvalue weighted by molar-refractivity contribution is -0.123. The number of hydrogen-bond acceptors (Lipinski definition) is 5. The van der Waals surface area contributed by atoms with Crippen molar-refractivity contribution >= 4 is 28.8 Å². The minimum absolute atomic E-state index is 0.159. The largest absolute Gasteiger partial charge is 0.351 e. The zero-order valence-electron chi connectivity index (χ0n) is 16.8. The van der Waals surface area contributed by atoms with Crippen LogP contribution in [0.5, 0.6) is 0 Å². The summed E-state index contributed by atoms with van der Waals surface area (Å²) in [4.78, 5) is 37.6. The van der Waals surface area contributed by atoms with Crippen molar-refractivity contribution in [3.8, 4) is 0 Å². The van der Waals surface area contributed by atoms with Gasteiger partial charge < -0.3 is 5.32 Å².